The number of rotatable bonds is 7. The Morgan fingerprint density at radius 2 is 1.96 bits per heavy atom. The van der Waals surface area contributed by atoms with E-state index < -0.39 is 0 Å². The lowest BCUT2D eigenvalue weighted by atomic mass is 10.1. The van der Waals surface area contributed by atoms with Gasteiger partial charge in [-0.3, -0.25) is 4.68 Å². The molecule has 2 N–H and O–H groups in total. The molecule has 7 heteroatoms. The average molecular weight is 343 g/mol. The maximum absolute atomic E-state index is 11.7. The zero-order valence-electron chi connectivity index (χ0n) is 15.0. The number of esters is 1. The number of nitrogens with zero attached hydrogens (tertiary/aromatic N) is 3. The Balaban J connectivity index is 1.95. The first-order valence-corrected chi connectivity index (χ1v) is 8.39. The molecule has 0 saturated carbocycles. The smallest absolute Gasteiger partial charge is 0.338 e. The number of aliphatic imine (C=N–C) groups is 1. The minimum Gasteiger partial charge on any atom is -0.462 e. The fourth-order valence-corrected chi connectivity index (χ4v) is 2.22. The van der Waals surface area contributed by atoms with Gasteiger partial charge in [-0.25, -0.2) is 9.79 Å². The van der Waals surface area contributed by atoms with Crippen molar-refractivity contribution in [3.63, 3.8) is 0 Å². The van der Waals surface area contributed by atoms with Crippen LogP contribution in [-0.4, -0.2) is 34.9 Å². The third-order valence-electron chi connectivity index (χ3n) is 3.59. The van der Waals surface area contributed by atoms with E-state index in [0.717, 1.165) is 23.8 Å². The van der Waals surface area contributed by atoms with Crippen molar-refractivity contribution in [1.29, 1.82) is 0 Å². The van der Waals surface area contributed by atoms with Crippen LogP contribution in [-0.2, 0) is 24.9 Å². The summed E-state index contributed by atoms with van der Waals surface area (Å²) in [6.45, 7) is 6.13. The number of hydrogen-bond acceptors (Lipinski definition) is 4. The van der Waals surface area contributed by atoms with E-state index in [4.69, 9.17) is 4.74 Å². The Hall–Kier alpha value is -2.83. The van der Waals surface area contributed by atoms with E-state index in [1.165, 1.54) is 0 Å². The van der Waals surface area contributed by atoms with E-state index in [-0.39, 0.29) is 5.97 Å². The second kappa shape index (κ2) is 9.46. The Bertz CT molecular complexity index is 707. The van der Waals surface area contributed by atoms with Crippen LogP contribution in [0.3, 0.4) is 0 Å². The van der Waals surface area contributed by atoms with Crippen LogP contribution in [0.4, 0.5) is 0 Å². The van der Waals surface area contributed by atoms with Crippen LogP contribution in [0.2, 0.25) is 0 Å². The van der Waals surface area contributed by atoms with Gasteiger partial charge in [0, 0.05) is 19.8 Å². The molecular weight excluding hydrogens is 318 g/mol. The number of hydrogen-bond donors (Lipinski definition) is 2. The zero-order chi connectivity index (χ0) is 18.1. The van der Waals surface area contributed by atoms with E-state index in [9.17, 15) is 4.79 Å². The Kier molecular flexibility index (Phi) is 7.00. The van der Waals surface area contributed by atoms with Gasteiger partial charge in [-0.05, 0) is 37.6 Å². The molecule has 0 fully saturated rings. The molecule has 0 atom stereocenters. The summed E-state index contributed by atoms with van der Waals surface area (Å²) < 4.78 is 6.81. The standard InChI is InChI=1S/C18H25N5O2/c1-4-19-18(21-13-16-10-11-22-23(16)3)20-12-14-6-8-15(9-7-14)17(24)25-5-2/h6-11H,4-5,12-13H2,1-3H3,(H2,19,20,21). The highest BCUT2D eigenvalue weighted by Crippen LogP contribution is 2.07. The molecule has 0 amide bonds. The number of ether oxygens (including phenoxy) is 1. The fourth-order valence-electron chi connectivity index (χ4n) is 2.22. The van der Waals surface area contributed by atoms with Crippen molar-refractivity contribution in [2.45, 2.75) is 26.9 Å². The van der Waals surface area contributed by atoms with Crippen molar-refractivity contribution in [3.8, 4) is 0 Å². The van der Waals surface area contributed by atoms with Gasteiger partial charge in [0.25, 0.3) is 0 Å². The molecule has 1 aromatic carbocycles. The van der Waals surface area contributed by atoms with Crippen molar-refractivity contribution in [2.24, 2.45) is 12.0 Å². The minimum absolute atomic E-state index is 0.302. The Labute approximate surface area is 148 Å². The number of aryl methyl sites for hydroxylation is 1. The first-order valence-electron chi connectivity index (χ1n) is 8.39. The molecule has 1 aromatic heterocycles. The number of nitrogens with one attached hydrogen (secondary N) is 2. The van der Waals surface area contributed by atoms with Crippen LogP contribution in [0.5, 0.6) is 0 Å². The lowest BCUT2D eigenvalue weighted by Crippen LogP contribution is -2.37. The van der Waals surface area contributed by atoms with Crippen molar-refractivity contribution < 1.29 is 9.53 Å². The van der Waals surface area contributed by atoms with Crippen molar-refractivity contribution in [3.05, 3.63) is 53.3 Å². The number of carbonyl (C=O) groups excluding carboxylic acids is 1. The highest BCUT2D eigenvalue weighted by atomic mass is 16.5. The molecule has 7 nitrogen and oxygen atoms in total. The van der Waals surface area contributed by atoms with Crippen molar-refractivity contribution in [1.82, 2.24) is 20.4 Å². The second-order valence-electron chi connectivity index (χ2n) is 5.41. The summed E-state index contributed by atoms with van der Waals surface area (Å²) in [4.78, 5) is 16.2. The van der Waals surface area contributed by atoms with Gasteiger partial charge in [-0.1, -0.05) is 12.1 Å². The fraction of sp³-hybridized carbons (Fsp3) is 0.389. The molecule has 0 saturated heterocycles. The van der Waals surface area contributed by atoms with Crippen LogP contribution >= 0.6 is 0 Å². The maximum atomic E-state index is 11.7. The topological polar surface area (TPSA) is 80.5 Å². The lowest BCUT2D eigenvalue weighted by molar-refractivity contribution is 0.0526. The van der Waals surface area contributed by atoms with Crippen LogP contribution < -0.4 is 10.6 Å². The Morgan fingerprint density at radius 1 is 1.20 bits per heavy atom. The van der Waals surface area contributed by atoms with Gasteiger partial charge in [0.05, 0.1) is 31.0 Å². The summed E-state index contributed by atoms with van der Waals surface area (Å²) in [5.41, 5.74) is 2.64. The van der Waals surface area contributed by atoms with Gasteiger partial charge in [-0.2, -0.15) is 5.10 Å². The van der Waals surface area contributed by atoms with Crippen LogP contribution in [0.15, 0.2) is 41.5 Å². The molecule has 0 spiro atoms. The molecule has 2 aromatic rings. The number of aromatic nitrogens is 2. The number of guanidine groups is 1. The predicted molar refractivity (Wildman–Crippen MR) is 97.3 cm³/mol. The monoisotopic (exact) mass is 343 g/mol. The van der Waals surface area contributed by atoms with E-state index in [1.54, 1.807) is 25.3 Å². The molecule has 2 rings (SSSR count). The van der Waals surface area contributed by atoms with Gasteiger partial charge in [0.2, 0.25) is 0 Å². The van der Waals surface area contributed by atoms with Crippen molar-refractivity contribution >= 4 is 11.9 Å². The molecule has 0 aliphatic heterocycles. The molecule has 25 heavy (non-hydrogen) atoms. The highest BCUT2D eigenvalue weighted by Gasteiger charge is 2.06. The molecular formula is C18H25N5O2. The number of benzene rings is 1. The first-order chi connectivity index (χ1) is 12.1. The molecule has 0 radical (unpaired) electrons. The molecule has 0 unspecified atom stereocenters. The Morgan fingerprint density at radius 3 is 2.56 bits per heavy atom. The van der Waals surface area contributed by atoms with Crippen molar-refractivity contribution in [2.75, 3.05) is 13.2 Å². The summed E-state index contributed by atoms with van der Waals surface area (Å²) in [5, 5.41) is 10.6. The molecule has 1 heterocycles. The predicted octanol–water partition coefficient (Wildman–Crippen LogP) is 1.85. The third-order valence-corrected chi connectivity index (χ3v) is 3.59. The van der Waals surface area contributed by atoms with Crippen LogP contribution in [0.1, 0.15) is 35.5 Å². The van der Waals surface area contributed by atoms with E-state index in [2.05, 4.69) is 20.7 Å². The third kappa shape index (κ3) is 5.63. The lowest BCUT2D eigenvalue weighted by Gasteiger charge is -2.11. The molecule has 134 valence electrons. The van der Waals surface area contributed by atoms with Gasteiger partial charge < -0.3 is 15.4 Å². The SMILES string of the molecule is CCNC(=NCc1ccc(C(=O)OCC)cc1)NCc1ccnn1C. The zero-order valence-corrected chi connectivity index (χ0v) is 15.0. The van der Waals surface area contributed by atoms with Crippen LogP contribution in [0, 0.1) is 0 Å². The largest absolute Gasteiger partial charge is 0.462 e. The van der Waals surface area contributed by atoms with Crippen LogP contribution in [0.25, 0.3) is 0 Å². The quantitative estimate of drug-likeness (QED) is 0.456. The summed E-state index contributed by atoms with van der Waals surface area (Å²) >= 11 is 0. The number of carbonyl (C=O) groups is 1. The van der Waals surface area contributed by atoms with Gasteiger partial charge in [-0.15, -0.1) is 0 Å². The summed E-state index contributed by atoms with van der Waals surface area (Å²) in [6.07, 6.45) is 1.77. The molecule has 0 bridgehead atoms. The highest BCUT2D eigenvalue weighted by molar-refractivity contribution is 5.89. The average Bonchev–Trinajstić information content (AvgIpc) is 3.03. The normalized spacial score (nSPS) is 11.2. The minimum atomic E-state index is -0.302. The maximum Gasteiger partial charge on any atom is 0.338 e. The summed E-state index contributed by atoms with van der Waals surface area (Å²) in [6, 6.07) is 9.27. The van der Waals surface area contributed by atoms with E-state index in [0.29, 0.717) is 25.3 Å². The summed E-state index contributed by atoms with van der Waals surface area (Å²) in [7, 11) is 1.91. The summed E-state index contributed by atoms with van der Waals surface area (Å²) in [5.74, 6) is 0.432. The van der Waals surface area contributed by atoms with E-state index >= 15 is 0 Å². The molecule has 0 aliphatic rings. The molecule has 0 aliphatic carbocycles. The van der Waals surface area contributed by atoms with E-state index in [1.807, 2.05) is 36.9 Å². The second-order valence-corrected chi connectivity index (χ2v) is 5.41. The first kappa shape index (κ1) is 18.5. The van der Waals surface area contributed by atoms with Gasteiger partial charge in [0.1, 0.15) is 0 Å². The van der Waals surface area contributed by atoms with Gasteiger partial charge >= 0.3 is 5.97 Å². The van der Waals surface area contributed by atoms with Gasteiger partial charge in [0.15, 0.2) is 5.96 Å².